The van der Waals surface area contributed by atoms with Crippen molar-refractivity contribution < 1.29 is 52.2 Å². The van der Waals surface area contributed by atoms with Gasteiger partial charge >= 0.3 is 5.97 Å². The van der Waals surface area contributed by atoms with Gasteiger partial charge < -0.3 is 47.4 Å². The van der Waals surface area contributed by atoms with Gasteiger partial charge in [-0.2, -0.15) is 0 Å². The first-order valence-corrected chi connectivity index (χ1v) is 19.9. The van der Waals surface area contributed by atoms with Crippen LogP contribution in [0.3, 0.4) is 0 Å². The number of hydrogen-bond donors (Lipinski definition) is 0. The first-order chi connectivity index (χ1) is 27.3. The Kier molecular flexibility index (Phi) is 26.8. The lowest BCUT2D eigenvalue weighted by Gasteiger charge is -2.36. The van der Waals surface area contributed by atoms with Gasteiger partial charge in [-0.3, -0.25) is 4.79 Å². The van der Waals surface area contributed by atoms with E-state index < -0.39 is 5.60 Å². The highest BCUT2D eigenvalue weighted by Gasteiger charge is 2.37. The summed E-state index contributed by atoms with van der Waals surface area (Å²) in [4.78, 5) is 11.6. The number of carbonyl (C=O) groups is 1. The van der Waals surface area contributed by atoms with Gasteiger partial charge in [-0.05, 0) is 23.1 Å². The van der Waals surface area contributed by atoms with Gasteiger partial charge in [0.2, 0.25) is 0 Å². The van der Waals surface area contributed by atoms with E-state index in [1.165, 1.54) is 0 Å². The van der Waals surface area contributed by atoms with Crippen molar-refractivity contribution in [3.05, 3.63) is 108 Å². The van der Waals surface area contributed by atoms with Gasteiger partial charge in [0.1, 0.15) is 12.2 Å². The quantitative estimate of drug-likeness (QED) is 0.0361. The van der Waals surface area contributed by atoms with Crippen LogP contribution in [0.5, 0.6) is 0 Å². The minimum atomic E-state index is -0.754. The van der Waals surface area contributed by atoms with Gasteiger partial charge in [-0.15, -0.1) is 0 Å². The number of unbranched alkanes of at least 4 members (excludes halogenated alkanes) is 3. The van der Waals surface area contributed by atoms with Gasteiger partial charge in [0, 0.05) is 6.42 Å². The lowest BCUT2D eigenvalue weighted by molar-refractivity contribution is -0.145. The SMILES string of the molecule is CCCCCCC(=O)OCCOCCOCCOCCOCCOCCOCCOCCOCCOC(c1ccccc1)(c1ccccc1)c1ccccc1. The summed E-state index contributed by atoms with van der Waals surface area (Å²) in [7, 11) is 0. The van der Waals surface area contributed by atoms with Crippen LogP contribution in [-0.2, 0) is 57.8 Å². The van der Waals surface area contributed by atoms with Crippen molar-refractivity contribution in [3.8, 4) is 0 Å². The minimum absolute atomic E-state index is 0.153. The lowest BCUT2D eigenvalue weighted by Crippen LogP contribution is -2.34. The summed E-state index contributed by atoms with van der Waals surface area (Å²) in [5.41, 5.74) is 2.44. The molecule has 0 spiro atoms. The molecule has 0 N–H and O–H groups in total. The van der Waals surface area contributed by atoms with E-state index in [-0.39, 0.29) is 12.6 Å². The van der Waals surface area contributed by atoms with E-state index in [1.807, 2.05) is 54.6 Å². The normalized spacial score (nSPS) is 11.6. The largest absolute Gasteiger partial charge is 0.463 e. The monoisotopic (exact) mass is 768 g/mol. The molecular weight excluding hydrogens is 704 g/mol. The standard InChI is InChI=1S/C44H64O11/c1-2-3-4-14-21-43(45)54-38-36-52-34-32-50-30-28-48-26-24-46-22-23-47-25-27-49-29-31-51-33-35-53-37-39-55-44(40-15-8-5-9-16-40,41-17-10-6-11-18-41)42-19-12-7-13-20-42/h5-13,15-20H,2-4,14,21-39H2,1H3. The first-order valence-electron chi connectivity index (χ1n) is 19.9. The first kappa shape index (κ1) is 46.2. The van der Waals surface area contributed by atoms with Gasteiger partial charge in [0.05, 0.1) is 112 Å². The van der Waals surface area contributed by atoms with Crippen LogP contribution in [0.4, 0.5) is 0 Å². The molecule has 55 heavy (non-hydrogen) atoms. The van der Waals surface area contributed by atoms with Crippen LogP contribution in [-0.4, -0.2) is 125 Å². The molecule has 3 aromatic carbocycles. The van der Waals surface area contributed by atoms with E-state index in [2.05, 4.69) is 43.3 Å². The third kappa shape index (κ3) is 20.5. The predicted octanol–water partition coefficient (Wildman–Crippen LogP) is 6.64. The molecule has 0 saturated heterocycles. The third-order valence-corrected chi connectivity index (χ3v) is 8.42. The van der Waals surface area contributed by atoms with Crippen molar-refractivity contribution >= 4 is 5.97 Å². The number of hydrogen-bond acceptors (Lipinski definition) is 11. The predicted molar refractivity (Wildman–Crippen MR) is 211 cm³/mol. The maximum Gasteiger partial charge on any atom is 0.305 e. The summed E-state index contributed by atoms with van der Waals surface area (Å²) in [6.45, 7) is 10.4. The Hall–Kier alpha value is -3.23. The molecule has 0 fully saturated rings. The Balaban J connectivity index is 1.06. The molecule has 0 heterocycles. The molecule has 0 aromatic heterocycles. The molecular formula is C44H64O11. The summed E-state index contributed by atoms with van der Waals surface area (Å²) < 4.78 is 56.4. The van der Waals surface area contributed by atoms with Crippen LogP contribution in [0.25, 0.3) is 0 Å². The van der Waals surface area contributed by atoms with E-state index in [0.717, 1.165) is 42.4 Å². The van der Waals surface area contributed by atoms with Crippen molar-refractivity contribution in [2.24, 2.45) is 0 Å². The molecule has 3 aromatic rings. The van der Waals surface area contributed by atoms with Crippen molar-refractivity contribution in [1.82, 2.24) is 0 Å². The fourth-order valence-electron chi connectivity index (χ4n) is 5.65. The molecule has 0 saturated carbocycles. The van der Waals surface area contributed by atoms with Crippen LogP contribution < -0.4 is 0 Å². The Labute approximate surface area is 328 Å². The van der Waals surface area contributed by atoms with Crippen molar-refractivity contribution in [2.45, 2.75) is 44.6 Å². The number of esters is 1. The zero-order valence-corrected chi connectivity index (χ0v) is 32.9. The molecule has 0 aliphatic heterocycles. The highest BCUT2D eigenvalue weighted by molar-refractivity contribution is 5.69. The van der Waals surface area contributed by atoms with E-state index in [0.29, 0.717) is 119 Å². The molecule has 0 unspecified atom stereocenters. The summed E-state index contributed by atoms with van der Waals surface area (Å²) in [6.07, 6.45) is 4.75. The van der Waals surface area contributed by atoms with Crippen LogP contribution in [0.15, 0.2) is 91.0 Å². The molecule has 11 nitrogen and oxygen atoms in total. The third-order valence-electron chi connectivity index (χ3n) is 8.42. The van der Waals surface area contributed by atoms with Crippen LogP contribution in [0.1, 0.15) is 55.7 Å². The van der Waals surface area contributed by atoms with E-state index in [1.54, 1.807) is 0 Å². The lowest BCUT2D eigenvalue weighted by atomic mass is 9.80. The highest BCUT2D eigenvalue weighted by Crippen LogP contribution is 2.40. The number of benzene rings is 3. The Bertz CT molecular complexity index is 1200. The van der Waals surface area contributed by atoms with Gasteiger partial charge in [0.25, 0.3) is 0 Å². The van der Waals surface area contributed by atoms with Gasteiger partial charge in [-0.1, -0.05) is 117 Å². The fourth-order valence-corrected chi connectivity index (χ4v) is 5.65. The van der Waals surface area contributed by atoms with Gasteiger partial charge in [-0.25, -0.2) is 0 Å². The second-order valence-corrected chi connectivity index (χ2v) is 12.6. The number of rotatable bonds is 36. The Morgan fingerprint density at radius 2 is 0.709 bits per heavy atom. The van der Waals surface area contributed by atoms with E-state index >= 15 is 0 Å². The topological polar surface area (TPSA) is 109 Å². The number of carbonyl (C=O) groups excluding carboxylic acids is 1. The van der Waals surface area contributed by atoms with Crippen molar-refractivity contribution in [3.63, 3.8) is 0 Å². The summed E-state index contributed by atoms with van der Waals surface area (Å²) in [6, 6.07) is 31.0. The van der Waals surface area contributed by atoms with Crippen LogP contribution in [0, 0.1) is 0 Å². The molecule has 0 aliphatic carbocycles. The maximum atomic E-state index is 11.6. The summed E-state index contributed by atoms with van der Waals surface area (Å²) in [5, 5.41) is 0. The second-order valence-electron chi connectivity index (χ2n) is 12.6. The molecule has 0 bridgehead atoms. The molecule has 0 radical (unpaired) electrons. The van der Waals surface area contributed by atoms with Crippen molar-refractivity contribution in [1.29, 1.82) is 0 Å². The molecule has 0 aliphatic rings. The average Bonchev–Trinajstić information content (AvgIpc) is 3.23. The summed E-state index contributed by atoms with van der Waals surface area (Å²) >= 11 is 0. The Morgan fingerprint density at radius 3 is 1.04 bits per heavy atom. The maximum absolute atomic E-state index is 11.6. The molecule has 306 valence electrons. The highest BCUT2D eigenvalue weighted by atomic mass is 16.6. The average molecular weight is 769 g/mol. The smallest absolute Gasteiger partial charge is 0.305 e. The second kappa shape index (κ2) is 31.9. The van der Waals surface area contributed by atoms with Crippen LogP contribution >= 0.6 is 0 Å². The minimum Gasteiger partial charge on any atom is -0.463 e. The van der Waals surface area contributed by atoms with Gasteiger partial charge in [0.15, 0.2) is 0 Å². The summed E-state index contributed by atoms with van der Waals surface area (Å²) in [5.74, 6) is -0.153. The molecule has 0 atom stereocenters. The van der Waals surface area contributed by atoms with Crippen molar-refractivity contribution in [2.75, 3.05) is 119 Å². The number of ether oxygens (including phenoxy) is 10. The fraction of sp³-hybridized carbons (Fsp3) is 0.568. The molecule has 3 rings (SSSR count). The van der Waals surface area contributed by atoms with E-state index in [9.17, 15) is 4.79 Å². The Morgan fingerprint density at radius 1 is 0.400 bits per heavy atom. The molecule has 0 amide bonds. The zero-order valence-electron chi connectivity index (χ0n) is 32.9. The zero-order chi connectivity index (χ0) is 38.8. The van der Waals surface area contributed by atoms with E-state index in [4.69, 9.17) is 47.4 Å². The molecule has 11 heteroatoms. The van der Waals surface area contributed by atoms with Crippen LogP contribution in [0.2, 0.25) is 0 Å².